The molecule has 0 amide bonds. The molecule has 35 heavy (non-hydrogen) atoms. The summed E-state index contributed by atoms with van der Waals surface area (Å²) < 4.78 is 18.1. The number of rotatable bonds is 9. The third-order valence-corrected chi connectivity index (χ3v) is 6.69. The van der Waals surface area contributed by atoms with Crippen LogP contribution in [0.1, 0.15) is 24.1 Å². The Morgan fingerprint density at radius 2 is 2.06 bits per heavy atom. The van der Waals surface area contributed by atoms with Crippen LogP contribution in [0.2, 0.25) is 5.02 Å². The zero-order valence-electron chi connectivity index (χ0n) is 19.6. The summed E-state index contributed by atoms with van der Waals surface area (Å²) in [6, 6.07) is 12.4. The second-order valence-corrected chi connectivity index (χ2v) is 8.95. The van der Waals surface area contributed by atoms with E-state index < -0.39 is 12.0 Å². The van der Waals surface area contributed by atoms with Crippen molar-refractivity contribution in [3.05, 3.63) is 82.5 Å². The van der Waals surface area contributed by atoms with Gasteiger partial charge in [0.05, 0.1) is 19.8 Å². The first-order valence-corrected chi connectivity index (χ1v) is 12.1. The molecular formula is C25H25ClN4O4S. The SMILES string of the molecule is C=CCOC(=O)C1=C(C)Nc2nc(SCc3ccccc3Cl)nn2C1c1ccc(OC)cc1OC. The molecule has 0 aliphatic carbocycles. The normalized spacial score (nSPS) is 14.7. The van der Waals surface area contributed by atoms with Gasteiger partial charge in [0.2, 0.25) is 11.1 Å². The molecular weight excluding hydrogens is 488 g/mol. The van der Waals surface area contributed by atoms with Crippen LogP contribution in [-0.4, -0.2) is 41.6 Å². The van der Waals surface area contributed by atoms with Crippen LogP contribution in [0.3, 0.4) is 0 Å². The van der Waals surface area contributed by atoms with Gasteiger partial charge in [-0.3, -0.25) is 0 Å². The minimum atomic E-state index is -0.633. The summed E-state index contributed by atoms with van der Waals surface area (Å²) >= 11 is 7.76. The maximum absolute atomic E-state index is 13.1. The number of thioether (sulfide) groups is 1. The Morgan fingerprint density at radius 3 is 2.77 bits per heavy atom. The lowest BCUT2D eigenvalue weighted by Gasteiger charge is -2.29. The quantitative estimate of drug-likeness (QED) is 0.236. The number of hydrogen-bond donors (Lipinski definition) is 1. The average Bonchev–Trinajstić information content (AvgIpc) is 3.27. The van der Waals surface area contributed by atoms with E-state index in [4.69, 9.17) is 30.9 Å². The lowest BCUT2D eigenvalue weighted by atomic mass is 9.95. The molecule has 0 fully saturated rings. The fraction of sp³-hybridized carbons (Fsp3) is 0.240. The van der Waals surface area contributed by atoms with E-state index in [2.05, 4.69) is 16.9 Å². The number of methoxy groups -OCH3 is 2. The van der Waals surface area contributed by atoms with Gasteiger partial charge in [-0.15, -0.1) is 5.10 Å². The number of fused-ring (bicyclic) bond motifs is 1. The topological polar surface area (TPSA) is 87.5 Å². The van der Waals surface area contributed by atoms with Crippen LogP contribution in [0.4, 0.5) is 5.95 Å². The van der Waals surface area contributed by atoms with E-state index in [0.717, 1.165) is 5.56 Å². The number of carbonyl (C=O) groups is 1. The van der Waals surface area contributed by atoms with Crippen molar-refractivity contribution in [1.82, 2.24) is 14.8 Å². The third-order valence-electron chi connectivity index (χ3n) is 5.44. The van der Waals surface area contributed by atoms with E-state index in [-0.39, 0.29) is 6.61 Å². The van der Waals surface area contributed by atoms with Crippen molar-refractivity contribution >= 4 is 35.3 Å². The van der Waals surface area contributed by atoms with Gasteiger partial charge in [-0.25, -0.2) is 9.48 Å². The number of anilines is 1. The monoisotopic (exact) mass is 512 g/mol. The zero-order valence-corrected chi connectivity index (χ0v) is 21.2. The highest BCUT2D eigenvalue weighted by atomic mass is 35.5. The molecule has 0 bridgehead atoms. The number of ether oxygens (including phenoxy) is 3. The molecule has 0 saturated heterocycles. The van der Waals surface area contributed by atoms with Crippen molar-refractivity contribution in [2.24, 2.45) is 0 Å². The summed E-state index contributed by atoms with van der Waals surface area (Å²) in [5.41, 5.74) is 2.71. The summed E-state index contributed by atoms with van der Waals surface area (Å²) in [5.74, 6) is 1.80. The molecule has 1 N–H and O–H groups in total. The van der Waals surface area contributed by atoms with Crippen molar-refractivity contribution in [3.8, 4) is 11.5 Å². The Bertz CT molecular complexity index is 1290. The average molecular weight is 513 g/mol. The van der Waals surface area contributed by atoms with Crippen molar-refractivity contribution < 1.29 is 19.0 Å². The first-order valence-electron chi connectivity index (χ1n) is 10.8. The van der Waals surface area contributed by atoms with Gasteiger partial charge in [-0.05, 0) is 30.7 Å². The predicted molar refractivity (Wildman–Crippen MR) is 136 cm³/mol. The number of benzene rings is 2. The molecule has 1 atom stereocenters. The number of esters is 1. The lowest BCUT2D eigenvalue weighted by molar-refractivity contribution is -0.138. The molecule has 1 aromatic heterocycles. The van der Waals surface area contributed by atoms with Gasteiger partial charge in [0.1, 0.15) is 24.1 Å². The molecule has 10 heteroatoms. The van der Waals surface area contributed by atoms with Gasteiger partial charge in [0.25, 0.3) is 0 Å². The number of carbonyl (C=O) groups excluding carboxylic acids is 1. The van der Waals surface area contributed by atoms with Crippen LogP contribution in [0, 0.1) is 0 Å². The molecule has 0 radical (unpaired) electrons. The van der Waals surface area contributed by atoms with Crippen LogP contribution in [-0.2, 0) is 15.3 Å². The number of halogens is 1. The molecule has 1 unspecified atom stereocenters. The van der Waals surface area contributed by atoms with Gasteiger partial charge < -0.3 is 19.5 Å². The molecule has 4 rings (SSSR count). The zero-order chi connectivity index (χ0) is 24.9. The van der Waals surface area contributed by atoms with Crippen LogP contribution < -0.4 is 14.8 Å². The van der Waals surface area contributed by atoms with Crippen LogP contribution in [0.15, 0.2) is 71.5 Å². The fourth-order valence-electron chi connectivity index (χ4n) is 3.76. The highest BCUT2D eigenvalue weighted by molar-refractivity contribution is 7.98. The highest BCUT2D eigenvalue weighted by Crippen LogP contribution is 2.41. The summed E-state index contributed by atoms with van der Waals surface area (Å²) in [5, 5.41) is 9.16. The number of nitrogens with one attached hydrogen (secondary N) is 1. The number of allylic oxidation sites excluding steroid dienone is 1. The van der Waals surface area contributed by atoms with E-state index >= 15 is 0 Å². The van der Waals surface area contributed by atoms with E-state index in [1.54, 1.807) is 25.0 Å². The van der Waals surface area contributed by atoms with Crippen LogP contribution in [0.25, 0.3) is 0 Å². The first-order chi connectivity index (χ1) is 17.0. The largest absolute Gasteiger partial charge is 0.497 e. The second-order valence-electron chi connectivity index (χ2n) is 7.60. The fourth-order valence-corrected chi connectivity index (χ4v) is 4.87. The Balaban J connectivity index is 1.76. The number of nitrogens with zero attached hydrogens (tertiary/aromatic N) is 3. The van der Waals surface area contributed by atoms with Gasteiger partial charge >= 0.3 is 5.97 Å². The predicted octanol–water partition coefficient (Wildman–Crippen LogP) is 5.26. The Kier molecular flexibility index (Phi) is 7.67. The second kappa shape index (κ2) is 10.9. The van der Waals surface area contributed by atoms with Gasteiger partial charge in [0.15, 0.2) is 0 Å². The lowest BCUT2D eigenvalue weighted by Crippen LogP contribution is -2.30. The molecule has 1 aliphatic heterocycles. The molecule has 3 aromatic rings. The van der Waals surface area contributed by atoms with Crippen LogP contribution in [0.5, 0.6) is 11.5 Å². The standard InChI is InChI=1S/C25H25ClN4O4S/c1-5-12-34-23(31)21-15(2)27-24-28-25(35-14-16-8-6-7-9-19(16)26)29-30(24)22(21)18-11-10-17(32-3)13-20(18)33-4/h5-11,13,22H,1,12,14H2,2-4H3,(H,27,28,29). The molecule has 1 aliphatic rings. The Labute approximate surface area is 212 Å². The van der Waals surface area contributed by atoms with E-state index in [9.17, 15) is 4.79 Å². The summed E-state index contributed by atoms with van der Waals surface area (Å²) in [4.78, 5) is 17.8. The number of hydrogen-bond acceptors (Lipinski definition) is 8. The maximum atomic E-state index is 13.1. The molecule has 0 saturated carbocycles. The van der Waals surface area contributed by atoms with E-state index in [1.165, 1.54) is 17.8 Å². The first kappa shape index (κ1) is 24.7. The molecule has 2 aromatic carbocycles. The van der Waals surface area contributed by atoms with Crippen LogP contribution >= 0.6 is 23.4 Å². The van der Waals surface area contributed by atoms with Gasteiger partial charge in [-0.2, -0.15) is 4.98 Å². The maximum Gasteiger partial charge on any atom is 0.338 e. The molecule has 182 valence electrons. The minimum absolute atomic E-state index is 0.0885. The smallest absolute Gasteiger partial charge is 0.338 e. The summed E-state index contributed by atoms with van der Waals surface area (Å²) in [7, 11) is 3.15. The van der Waals surface area contributed by atoms with Gasteiger partial charge in [0, 0.05) is 28.1 Å². The van der Waals surface area contributed by atoms with E-state index in [0.29, 0.717) is 50.2 Å². The molecule has 0 spiro atoms. The number of aromatic nitrogens is 3. The van der Waals surface area contributed by atoms with E-state index in [1.807, 2.05) is 43.3 Å². The van der Waals surface area contributed by atoms with Crippen molar-refractivity contribution in [2.45, 2.75) is 23.9 Å². The van der Waals surface area contributed by atoms with Crippen molar-refractivity contribution in [1.29, 1.82) is 0 Å². The van der Waals surface area contributed by atoms with Crippen molar-refractivity contribution in [2.75, 3.05) is 26.1 Å². The highest BCUT2D eigenvalue weighted by Gasteiger charge is 2.37. The van der Waals surface area contributed by atoms with Crippen molar-refractivity contribution in [3.63, 3.8) is 0 Å². The molecule has 2 heterocycles. The third kappa shape index (κ3) is 5.16. The molecule has 8 nitrogen and oxygen atoms in total. The van der Waals surface area contributed by atoms with Gasteiger partial charge in [-0.1, -0.05) is 54.2 Å². The Hall–Kier alpha value is -3.43. The summed E-state index contributed by atoms with van der Waals surface area (Å²) in [6.07, 6.45) is 1.53. The summed E-state index contributed by atoms with van der Waals surface area (Å²) in [6.45, 7) is 5.53. The minimum Gasteiger partial charge on any atom is -0.497 e. The Morgan fingerprint density at radius 1 is 1.26 bits per heavy atom.